The molecule has 0 aliphatic rings. The number of benzene rings is 2. The third-order valence-corrected chi connectivity index (χ3v) is 3.19. The number of carbonyl (C=O) groups excluding carboxylic acids is 1. The number of hydrogen-bond donors (Lipinski definition) is 1. The van der Waals surface area contributed by atoms with Crippen molar-refractivity contribution in [3.63, 3.8) is 0 Å². The lowest BCUT2D eigenvalue weighted by atomic mass is 10.2. The van der Waals surface area contributed by atoms with Gasteiger partial charge in [-0.1, -0.05) is 13.0 Å². The number of amides is 1. The second-order valence-electron chi connectivity index (χ2n) is 5.09. The molecule has 0 saturated carbocycles. The molecule has 4 nitrogen and oxygen atoms in total. The standard InChI is InChI=1S/C19H20FNO3/c1-3-12-24-17-10-4-14(13-18(17)23-2)5-11-19(22)21-16-8-6-15(20)7-9-16/h4-11,13H,3,12H2,1-2H3,(H,21,22)/b11-5+. The van der Waals surface area contributed by atoms with Gasteiger partial charge in [0.15, 0.2) is 11.5 Å². The van der Waals surface area contributed by atoms with Crippen molar-refractivity contribution in [3.8, 4) is 11.5 Å². The van der Waals surface area contributed by atoms with Crippen molar-refractivity contribution in [1.29, 1.82) is 0 Å². The van der Waals surface area contributed by atoms with E-state index in [0.29, 0.717) is 23.8 Å². The van der Waals surface area contributed by atoms with E-state index in [1.54, 1.807) is 19.3 Å². The second-order valence-corrected chi connectivity index (χ2v) is 5.09. The Morgan fingerprint density at radius 3 is 2.58 bits per heavy atom. The van der Waals surface area contributed by atoms with E-state index in [4.69, 9.17) is 9.47 Å². The van der Waals surface area contributed by atoms with Crippen LogP contribution in [0.3, 0.4) is 0 Å². The summed E-state index contributed by atoms with van der Waals surface area (Å²) in [5.74, 6) is 0.643. The maximum absolute atomic E-state index is 12.8. The average molecular weight is 329 g/mol. The summed E-state index contributed by atoms with van der Waals surface area (Å²) in [5, 5.41) is 2.66. The van der Waals surface area contributed by atoms with E-state index < -0.39 is 0 Å². The first-order valence-corrected chi connectivity index (χ1v) is 7.68. The smallest absolute Gasteiger partial charge is 0.248 e. The van der Waals surface area contributed by atoms with E-state index in [1.807, 2.05) is 19.1 Å². The van der Waals surface area contributed by atoms with Gasteiger partial charge in [0.1, 0.15) is 5.82 Å². The maximum Gasteiger partial charge on any atom is 0.248 e. The van der Waals surface area contributed by atoms with Crippen molar-refractivity contribution in [2.75, 3.05) is 19.0 Å². The molecule has 0 aliphatic heterocycles. The van der Waals surface area contributed by atoms with Crippen LogP contribution in [0.1, 0.15) is 18.9 Å². The lowest BCUT2D eigenvalue weighted by molar-refractivity contribution is -0.111. The Kier molecular flexibility index (Phi) is 6.37. The first kappa shape index (κ1) is 17.5. The fourth-order valence-electron chi connectivity index (χ4n) is 2.01. The Balaban J connectivity index is 2.02. The summed E-state index contributed by atoms with van der Waals surface area (Å²) < 4.78 is 23.7. The highest BCUT2D eigenvalue weighted by atomic mass is 19.1. The lowest BCUT2D eigenvalue weighted by Gasteiger charge is -2.10. The van der Waals surface area contributed by atoms with E-state index in [0.717, 1.165) is 12.0 Å². The molecule has 126 valence electrons. The molecule has 2 aromatic rings. The predicted molar refractivity (Wildman–Crippen MR) is 92.8 cm³/mol. The van der Waals surface area contributed by atoms with Gasteiger partial charge in [-0.3, -0.25) is 4.79 Å². The second kappa shape index (κ2) is 8.72. The van der Waals surface area contributed by atoms with E-state index in [2.05, 4.69) is 5.32 Å². The minimum Gasteiger partial charge on any atom is -0.493 e. The first-order chi connectivity index (χ1) is 11.6. The minimum absolute atomic E-state index is 0.299. The zero-order valence-corrected chi connectivity index (χ0v) is 13.7. The molecular weight excluding hydrogens is 309 g/mol. The zero-order chi connectivity index (χ0) is 17.4. The van der Waals surface area contributed by atoms with Crippen molar-refractivity contribution >= 4 is 17.7 Å². The SMILES string of the molecule is CCCOc1ccc(/C=C/C(=O)Nc2ccc(F)cc2)cc1OC. The third-order valence-electron chi connectivity index (χ3n) is 3.19. The van der Waals surface area contributed by atoms with Gasteiger partial charge in [0, 0.05) is 11.8 Å². The third kappa shape index (κ3) is 5.12. The summed E-state index contributed by atoms with van der Waals surface area (Å²) in [7, 11) is 1.57. The first-order valence-electron chi connectivity index (χ1n) is 7.68. The molecule has 2 rings (SSSR count). The van der Waals surface area contributed by atoms with Crippen molar-refractivity contribution in [2.45, 2.75) is 13.3 Å². The van der Waals surface area contributed by atoms with Crippen LogP contribution < -0.4 is 14.8 Å². The number of ether oxygens (including phenoxy) is 2. The zero-order valence-electron chi connectivity index (χ0n) is 13.7. The van der Waals surface area contributed by atoms with Gasteiger partial charge in [-0.25, -0.2) is 4.39 Å². The Morgan fingerprint density at radius 2 is 1.92 bits per heavy atom. The summed E-state index contributed by atoms with van der Waals surface area (Å²) in [6.45, 7) is 2.65. The molecule has 0 atom stereocenters. The van der Waals surface area contributed by atoms with Crippen LogP contribution in [-0.4, -0.2) is 19.6 Å². The number of halogens is 1. The Hall–Kier alpha value is -2.82. The summed E-state index contributed by atoms with van der Waals surface area (Å²) in [5.41, 5.74) is 1.34. The molecule has 0 aromatic heterocycles. The van der Waals surface area contributed by atoms with Gasteiger partial charge in [0.05, 0.1) is 13.7 Å². The molecule has 0 heterocycles. The van der Waals surface area contributed by atoms with Gasteiger partial charge >= 0.3 is 0 Å². The molecule has 24 heavy (non-hydrogen) atoms. The molecule has 0 saturated heterocycles. The van der Waals surface area contributed by atoms with Crippen molar-refractivity contribution in [3.05, 3.63) is 59.9 Å². The van der Waals surface area contributed by atoms with Crippen LogP contribution in [0.5, 0.6) is 11.5 Å². The Bertz CT molecular complexity index is 711. The van der Waals surface area contributed by atoms with E-state index in [-0.39, 0.29) is 11.7 Å². The highest BCUT2D eigenvalue weighted by molar-refractivity contribution is 6.01. The molecule has 0 fully saturated rings. The molecule has 5 heteroatoms. The molecule has 0 radical (unpaired) electrons. The van der Waals surface area contributed by atoms with Crippen LogP contribution >= 0.6 is 0 Å². The molecular formula is C19H20FNO3. The number of hydrogen-bond acceptors (Lipinski definition) is 3. The Labute approximate surface area is 140 Å². The average Bonchev–Trinajstić information content (AvgIpc) is 2.60. The van der Waals surface area contributed by atoms with E-state index >= 15 is 0 Å². The van der Waals surface area contributed by atoms with Crippen molar-refractivity contribution < 1.29 is 18.7 Å². The minimum atomic E-state index is -0.346. The molecule has 1 amide bonds. The summed E-state index contributed by atoms with van der Waals surface area (Å²) in [6, 6.07) is 11.0. The normalized spacial score (nSPS) is 10.6. The number of nitrogens with one attached hydrogen (secondary N) is 1. The number of anilines is 1. The molecule has 1 N–H and O–H groups in total. The molecule has 0 unspecified atom stereocenters. The Morgan fingerprint density at radius 1 is 1.17 bits per heavy atom. The summed E-state index contributed by atoms with van der Waals surface area (Å²) in [4.78, 5) is 11.9. The number of methoxy groups -OCH3 is 1. The van der Waals surface area contributed by atoms with Gasteiger partial charge in [-0.2, -0.15) is 0 Å². The van der Waals surface area contributed by atoms with Gasteiger partial charge < -0.3 is 14.8 Å². The fraction of sp³-hybridized carbons (Fsp3) is 0.211. The van der Waals surface area contributed by atoms with Crippen molar-refractivity contribution in [2.24, 2.45) is 0 Å². The monoisotopic (exact) mass is 329 g/mol. The van der Waals surface area contributed by atoms with Crippen LogP contribution in [0.2, 0.25) is 0 Å². The van der Waals surface area contributed by atoms with Crippen LogP contribution in [-0.2, 0) is 4.79 Å². The van der Waals surface area contributed by atoms with Gasteiger partial charge in [0.2, 0.25) is 5.91 Å². The lowest BCUT2D eigenvalue weighted by Crippen LogP contribution is -2.07. The summed E-state index contributed by atoms with van der Waals surface area (Å²) in [6.07, 6.45) is 3.99. The van der Waals surface area contributed by atoms with Gasteiger partial charge in [-0.15, -0.1) is 0 Å². The predicted octanol–water partition coefficient (Wildman–Crippen LogP) is 4.28. The van der Waals surface area contributed by atoms with Gasteiger partial charge in [-0.05, 0) is 54.5 Å². The van der Waals surface area contributed by atoms with Crippen LogP contribution in [0.15, 0.2) is 48.5 Å². The molecule has 0 spiro atoms. The highest BCUT2D eigenvalue weighted by Gasteiger charge is 2.05. The number of carbonyl (C=O) groups is 1. The summed E-state index contributed by atoms with van der Waals surface area (Å²) >= 11 is 0. The largest absolute Gasteiger partial charge is 0.493 e. The van der Waals surface area contributed by atoms with Crippen LogP contribution in [0.25, 0.3) is 6.08 Å². The van der Waals surface area contributed by atoms with Crippen LogP contribution in [0, 0.1) is 5.82 Å². The topological polar surface area (TPSA) is 47.6 Å². The van der Waals surface area contributed by atoms with Crippen LogP contribution in [0.4, 0.5) is 10.1 Å². The van der Waals surface area contributed by atoms with E-state index in [9.17, 15) is 9.18 Å². The molecule has 0 bridgehead atoms. The fourth-order valence-corrected chi connectivity index (χ4v) is 2.01. The molecule has 2 aromatic carbocycles. The van der Waals surface area contributed by atoms with E-state index in [1.165, 1.54) is 30.3 Å². The number of rotatable bonds is 7. The van der Waals surface area contributed by atoms with Gasteiger partial charge in [0.25, 0.3) is 0 Å². The van der Waals surface area contributed by atoms with Crippen molar-refractivity contribution in [1.82, 2.24) is 0 Å². The highest BCUT2D eigenvalue weighted by Crippen LogP contribution is 2.28. The quantitative estimate of drug-likeness (QED) is 0.772. The maximum atomic E-state index is 12.8. The molecule has 0 aliphatic carbocycles.